The summed E-state index contributed by atoms with van der Waals surface area (Å²) >= 11 is 0. The van der Waals surface area contributed by atoms with E-state index in [9.17, 15) is 37.1 Å². The second-order valence-electron chi connectivity index (χ2n) is 21.5. The quantitative estimate of drug-likeness (QED) is 0.180. The number of ether oxygens (including phenoxy) is 4. The number of likely N-dealkylation sites (tertiary alicyclic amines) is 1. The van der Waals surface area contributed by atoms with Gasteiger partial charge in [0, 0.05) is 99.7 Å². The van der Waals surface area contributed by atoms with Gasteiger partial charge < -0.3 is 48.4 Å². The third-order valence-electron chi connectivity index (χ3n) is 15.2. The van der Waals surface area contributed by atoms with Crippen LogP contribution in [-0.4, -0.2) is 169 Å². The third-order valence-corrected chi connectivity index (χ3v) is 15.2. The molecule has 5 amide bonds. The number of pyridine rings is 1. The molecule has 2 aromatic heterocycles. The molecule has 404 valence electrons. The number of aromatic nitrogens is 2. The Kier molecular flexibility index (Phi) is 16.6. The standard InChI is InChI=1S/C53H72F3N9O9/c1-9-64-42-15-14-34-24-37(42)38(46(64)36-12-10-18-57-44(36)33(4)71-8)27-52(5,6)30-73-50(69)40-13-11-19-65(59-40)49(68)41(25-35-28-62(34)22-23-72-35)58-47(66)45(32(2)3)60(7)51(70)61-20-16-53(17-21-61)29-63(31-74-53)48(67)39(54)26-43(55)56/h10,12,14-15,18,24,26,32-33,35,40-41,43,45,59H,9,11,13,16-17,19-23,25,27-31H2,1-8H3,(H,58,66)/b39-26+/t33-,35-,40-,41-,45-/m0/s1. The van der Waals surface area contributed by atoms with Gasteiger partial charge in [-0.05, 0) is 87.8 Å². The molecule has 8 rings (SSSR count). The summed E-state index contributed by atoms with van der Waals surface area (Å²) < 4.78 is 66.2. The molecule has 21 heteroatoms. The normalized spacial score (nSPS) is 23.5. The van der Waals surface area contributed by atoms with Gasteiger partial charge in [0.05, 0.1) is 49.0 Å². The molecule has 7 heterocycles. The zero-order valence-electron chi connectivity index (χ0n) is 43.8. The summed E-state index contributed by atoms with van der Waals surface area (Å²) in [4.78, 5) is 81.2. The number of esters is 1. The van der Waals surface area contributed by atoms with Crippen molar-refractivity contribution in [3.63, 3.8) is 0 Å². The fraction of sp³-hybridized carbons (Fsp3) is 0.623. The average Bonchev–Trinajstić information content (AvgIpc) is 3.93. The van der Waals surface area contributed by atoms with Gasteiger partial charge in [-0.1, -0.05) is 27.7 Å². The van der Waals surface area contributed by atoms with Crippen molar-refractivity contribution >= 4 is 46.3 Å². The number of amides is 5. The van der Waals surface area contributed by atoms with Gasteiger partial charge in [0.2, 0.25) is 5.91 Å². The Morgan fingerprint density at radius 3 is 2.53 bits per heavy atom. The summed E-state index contributed by atoms with van der Waals surface area (Å²) in [6.07, 6.45) is -0.0327. The Balaban J connectivity index is 1.06. The molecule has 1 aromatic carbocycles. The van der Waals surface area contributed by atoms with Gasteiger partial charge >= 0.3 is 12.0 Å². The number of piperidine rings is 1. The van der Waals surface area contributed by atoms with Crippen molar-refractivity contribution in [2.45, 2.75) is 129 Å². The highest BCUT2D eigenvalue weighted by Gasteiger charge is 2.46. The number of carbonyl (C=O) groups is 5. The maximum Gasteiger partial charge on any atom is 0.324 e. The van der Waals surface area contributed by atoms with Crippen LogP contribution in [0.5, 0.6) is 0 Å². The van der Waals surface area contributed by atoms with Crippen molar-refractivity contribution in [1.82, 2.24) is 40.0 Å². The van der Waals surface area contributed by atoms with Crippen LogP contribution in [0.2, 0.25) is 0 Å². The lowest BCUT2D eigenvalue weighted by atomic mass is 9.84. The highest BCUT2D eigenvalue weighted by molar-refractivity contribution is 5.95. The number of nitrogens with one attached hydrogen (secondary N) is 2. The number of allylic oxidation sites excluding steroid dienone is 1. The zero-order chi connectivity index (χ0) is 53.2. The van der Waals surface area contributed by atoms with Crippen LogP contribution in [0.1, 0.15) is 91.0 Å². The van der Waals surface area contributed by atoms with Crippen molar-refractivity contribution in [2.75, 3.05) is 78.3 Å². The first-order valence-electron chi connectivity index (χ1n) is 25.9. The van der Waals surface area contributed by atoms with E-state index in [1.165, 1.54) is 17.0 Å². The molecule has 5 aliphatic heterocycles. The van der Waals surface area contributed by atoms with E-state index < -0.39 is 83.1 Å². The van der Waals surface area contributed by atoms with Crippen molar-refractivity contribution in [1.29, 1.82) is 0 Å². The van der Waals surface area contributed by atoms with Crippen molar-refractivity contribution < 1.29 is 56.1 Å². The van der Waals surface area contributed by atoms with Crippen LogP contribution in [0.4, 0.5) is 23.7 Å². The second kappa shape index (κ2) is 22.6. The molecule has 5 atom stereocenters. The van der Waals surface area contributed by atoms with Gasteiger partial charge in [-0.25, -0.2) is 23.4 Å². The number of hydrogen-bond acceptors (Lipinski definition) is 12. The number of cyclic esters (lactones) is 1. The fourth-order valence-electron chi connectivity index (χ4n) is 11.3. The molecule has 4 saturated heterocycles. The van der Waals surface area contributed by atoms with Crippen molar-refractivity contribution in [3.8, 4) is 11.3 Å². The topological polar surface area (TPSA) is 180 Å². The molecular weight excluding hydrogens is 964 g/mol. The Bertz CT molecular complexity index is 2600. The fourth-order valence-corrected chi connectivity index (χ4v) is 11.3. The lowest BCUT2D eigenvalue weighted by molar-refractivity contribution is -0.156. The summed E-state index contributed by atoms with van der Waals surface area (Å²) in [7, 11) is 3.21. The first-order valence-corrected chi connectivity index (χ1v) is 25.9. The number of hydrazine groups is 1. The maximum absolute atomic E-state index is 14.8. The minimum Gasteiger partial charge on any atom is -0.464 e. The van der Waals surface area contributed by atoms with E-state index in [2.05, 4.69) is 65.2 Å². The lowest BCUT2D eigenvalue weighted by Crippen LogP contribution is -2.63. The molecule has 0 saturated carbocycles. The number of morpholine rings is 1. The first kappa shape index (κ1) is 54.5. The first-order chi connectivity index (χ1) is 35.2. The molecule has 18 nitrogen and oxygen atoms in total. The Morgan fingerprint density at radius 2 is 1.82 bits per heavy atom. The molecule has 2 N–H and O–H groups in total. The molecule has 0 aliphatic carbocycles. The molecule has 1 spiro atoms. The van der Waals surface area contributed by atoms with E-state index >= 15 is 0 Å². The lowest BCUT2D eigenvalue weighted by Gasteiger charge is -2.41. The van der Waals surface area contributed by atoms with Crippen LogP contribution in [0.15, 0.2) is 48.4 Å². The number of nitrogens with zero attached hydrogens (tertiary/aromatic N) is 7. The number of benzene rings is 1. The summed E-state index contributed by atoms with van der Waals surface area (Å²) in [5.74, 6) is -4.64. The molecule has 0 radical (unpaired) electrons. The highest BCUT2D eigenvalue weighted by atomic mass is 19.3. The predicted molar refractivity (Wildman–Crippen MR) is 269 cm³/mol. The van der Waals surface area contributed by atoms with E-state index in [0.29, 0.717) is 45.5 Å². The van der Waals surface area contributed by atoms with Gasteiger partial charge in [0.15, 0.2) is 5.83 Å². The minimum atomic E-state index is -3.12. The number of carbonyl (C=O) groups excluding carboxylic acids is 5. The minimum absolute atomic E-state index is 0.0259. The van der Waals surface area contributed by atoms with Gasteiger partial charge in [-0.15, -0.1) is 0 Å². The van der Waals surface area contributed by atoms with Crippen LogP contribution in [0.25, 0.3) is 22.2 Å². The molecule has 6 bridgehead atoms. The van der Waals surface area contributed by atoms with Crippen LogP contribution in [0.3, 0.4) is 0 Å². The number of methoxy groups -OCH3 is 1. The number of likely N-dealkylation sites (N-methyl/N-ethyl adjacent to an activating group) is 1. The maximum atomic E-state index is 14.8. The predicted octanol–water partition coefficient (Wildman–Crippen LogP) is 5.98. The number of halogens is 3. The van der Waals surface area contributed by atoms with Gasteiger partial charge in [0.25, 0.3) is 18.2 Å². The van der Waals surface area contributed by atoms with E-state index in [1.54, 1.807) is 18.2 Å². The van der Waals surface area contributed by atoms with Crippen LogP contribution in [0, 0.1) is 11.3 Å². The molecule has 74 heavy (non-hydrogen) atoms. The summed E-state index contributed by atoms with van der Waals surface area (Å²) in [5, 5.41) is 5.48. The second-order valence-corrected chi connectivity index (χ2v) is 21.5. The molecule has 3 aromatic rings. The summed E-state index contributed by atoms with van der Waals surface area (Å²) in [6, 6.07) is 7.07. The SMILES string of the molecule is CCn1c(-c2cccnc2[C@H](C)OC)c2c3cc(ccc31)N1CCO[C@@H](C[C@H](NC(=O)[C@H](C(C)C)N(C)C(=O)N3CCC4(CC3)CN(C(=O)/C(F)=C\C(F)F)CO4)C(=O)N3CCC[C@H](N3)C(=O)OCC(C)(C)C2)C1. The average molecular weight is 1040 g/mol. The number of urea groups is 1. The number of anilines is 1. The van der Waals surface area contributed by atoms with Crippen LogP contribution in [-0.2, 0) is 51.1 Å². The van der Waals surface area contributed by atoms with Crippen molar-refractivity contribution in [2.24, 2.45) is 11.3 Å². The van der Waals surface area contributed by atoms with E-state index in [-0.39, 0.29) is 71.0 Å². The number of hydrogen-bond donors (Lipinski definition) is 2. The molecule has 4 fully saturated rings. The Hall–Kier alpha value is -5.77. The molecular formula is C53H72F3N9O9. The van der Waals surface area contributed by atoms with Crippen LogP contribution < -0.4 is 15.6 Å². The largest absolute Gasteiger partial charge is 0.464 e. The Morgan fingerprint density at radius 1 is 1.07 bits per heavy atom. The summed E-state index contributed by atoms with van der Waals surface area (Å²) in [5.41, 5.74) is 7.62. The van der Waals surface area contributed by atoms with E-state index in [4.69, 9.17) is 23.9 Å². The zero-order valence-corrected chi connectivity index (χ0v) is 43.8. The molecule has 0 unspecified atom stereocenters. The highest BCUT2D eigenvalue weighted by Crippen LogP contribution is 2.42. The van der Waals surface area contributed by atoms with Gasteiger partial charge in [0.1, 0.15) is 24.9 Å². The number of alkyl halides is 2. The van der Waals surface area contributed by atoms with E-state index in [0.717, 1.165) is 44.0 Å². The summed E-state index contributed by atoms with van der Waals surface area (Å²) in [6.45, 7) is 14.4. The monoisotopic (exact) mass is 1040 g/mol. The smallest absolute Gasteiger partial charge is 0.324 e. The van der Waals surface area contributed by atoms with Gasteiger partial charge in [-0.3, -0.25) is 29.2 Å². The number of aryl methyl sites for hydroxylation is 1. The van der Waals surface area contributed by atoms with Gasteiger partial charge in [-0.2, -0.15) is 0 Å². The Labute approximate surface area is 430 Å². The van der Waals surface area contributed by atoms with E-state index in [1.807, 2.05) is 26.8 Å². The van der Waals surface area contributed by atoms with Crippen LogP contribution >= 0.6 is 0 Å². The number of fused-ring (bicyclic) bond motifs is 6. The number of rotatable bonds is 10. The third kappa shape index (κ3) is 11.5. The molecule has 5 aliphatic rings. The van der Waals surface area contributed by atoms with Crippen molar-refractivity contribution in [3.05, 3.63) is 59.7 Å².